The molecule has 53 heavy (non-hydrogen) atoms. The number of carbonyl (C=O) groups excluding carboxylic acids is 1. The molecular weight excluding hydrogens is 712 g/mol. The summed E-state index contributed by atoms with van der Waals surface area (Å²) < 4.78 is 40.9. The summed E-state index contributed by atoms with van der Waals surface area (Å²) in [6.07, 6.45) is -20.4. The van der Waals surface area contributed by atoms with Gasteiger partial charge < -0.3 is 89.3 Å². The summed E-state index contributed by atoms with van der Waals surface area (Å²) in [5, 5.41) is 112. The number of phenols is 4. The lowest BCUT2D eigenvalue weighted by Gasteiger charge is -2.49. The quantitative estimate of drug-likeness (QED) is 0.0603. The van der Waals surface area contributed by atoms with Crippen LogP contribution in [0.5, 0.6) is 23.0 Å². The number of ether oxygens (including phenoxy) is 7. The van der Waals surface area contributed by atoms with Gasteiger partial charge in [0.05, 0.1) is 25.9 Å². The van der Waals surface area contributed by atoms with E-state index in [0.29, 0.717) is 5.56 Å². The number of carbonyl (C=O) groups is 1. The Morgan fingerprint density at radius 3 is 2.09 bits per heavy atom. The van der Waals surface area contributed by atoms with E-state index in [1.54, 1.807) is 0 Å². The Kier molecular flexibility index (Phi) is 13.5. The van der Waals surface area contributed by atoms with Gasteiger partial charge in [-0.2, -0.15) is 0 Å². The molecule has 0 spiro atoms. The van der Waals surface area contributed by atoms with Crippen molar-refractivity contribution < 1.29 is 94.1 Å². The Hall–Kier alpha value is -3.67. The van der Waals surface area contributed by atoms with Crippen LogP contribution in [0.15, 0.2) is 42.5 Å². The maximum absolute atomic E-state index is 13.2. The summed E-state index contributed by atoms with van der Waals surface area (Å²) in [6, 6.07) is 7.81. The highest BCUT2D eigenvalue weighted by Gasteiger charge is 2.55. The van der Waals surface area contributed by atoms with E-state index in [-0.39, 0.29) is 30.1 Å². The second-order valence-corrected chi connectivity index (χ2v) is 12.8. The molecule has 11 N–H and O–H groups in total. The van der Waals surface area contributed by atoms with Gasteiger partial charge in [-0.05, 0) is 54.8 Å². The number of aliphatic hydroxyl groups excluding tert-OH is 7. The van der Waals surface area contributed by atoms with Gasteiger partial charge in [-0.3, -0.25) is 0 Å². The van der Waals surface area contributed by atoms with Crippen LogP contribution >= 0.6 is 0 Å². The largest absolute Gasteiger partial charge is 0.504 e. The van der Waals surface area contributed by atoms with Crippen LogP contribution < -0.4 is 0 Å². The van der Waals surface area contributed by atoms with Gasteiger partial charge in [0.25, 0.3) is 0 Å². The number of hydrogen-bond acceptors (Lipinski definition) is 19. The Labute approximate surface area is 302 Å². The molecule has 0 unspecified atom stereocenters. The van der Waals surface area contributed by atoms with Gasteiger partial charge in [-0.1, -0.05) is 12.1 Å². The van der Waals surface area contributed by atoms with Crippen molar-refractivity contribution in [2.24, 2.45) is 0 Å². The van der Waals surface area contributed by atoms with E-state index in [2.05, 4.69) is 0 Å². The highest BCUT2D eigenvalue weighted by molar-refractivity contribution is 5.87. The van der Waals surface area contributed by atoms with Crippen LogP contribution in [0.25, 0.3) is 6.08 Å². The van der Waals surface area contributed by atoms with Crippen LogP contribution in [-0.4, -0.2) is 168 Å². The van der Waals surface area contributed by atoms with Crippen LogP contribution in [-0.2, 0) is 44.4 Å². The topological polar surface area (TPSA) is 304 Å². The molecule has 3 heterocycles. The molecular formula is C34H44O19. The second-order valence-electron chi connectivity index (χ2n) is 12.8. The molecule has 2 aromatic carbocycles. The summed E-state index contributed by atoms with van der Waals surface area (Å²) in [6.45, 7) is -0.101. The maximum atomic E-state index is 13.2. The molecule has 19 heteroatoms. The predicted molar refractivity (Wildman–Crippen MR) is 174 cm³/mol. The lowest BCUT2D eigenvalue weighted by atomic mass is 9.96. The minimum atomic E-state index is -1.88. The van der Waals surface area contributed by atoms with Gasteiger partial charge in [0, 0.05) is 6.08 Å². The number of benzene rings is 2. The minimum absolute atomic E-state index is 0.116. The third-order valence-corrected chi connectivity index (χ3v) is 8.99. The average Bonchev–Trinajstić information content (AvgIpc) is 3.13. The van der Waals surface area contributed by atoms with E-state index in [1.165, 1.54) is 49.4 Å². The second kappa shape index (κ2) is 17.6. The number of phenolic OH excluding ortho intramolecular Hbond substituents is 4. The average molecular weight is 757 g/mol. The molecule has 0 amide bonds. The SMILES string of the molecule is C[C@@H]1O[C@H](O[C@H]2[C@H](O[C@H]3OC[C@H](O)[C@@H](O)[C@@H]3O)[C@@H](OCCc3ccc(O)c(O)c3)O[C@@H](CO)[C@@H]2OC(=O)/C=C\c2ccc(O)c(O)c2)[C@@H](O)[C@H](O)[C@H]1O. The van der Waals surface area contributed by atoms with Crippen LogP contribution in [0.2, 0.25) is 0 Å². The van der Waals surface area contributed by atoms with E-state index >= 15 is 0 Å². The Morgan fingerprint density at radius 1 is 0.755 bits per heavy atom. The number of esters is 1. The lowest BCUT2D eigenvalue weighted by molar-refractivity contribution is -0.385. The van der Waals surface area contributed by atoms with Gasteiger partial charge in [-0.15, -0.1) is 0 Å². The molecule has 3 fully saturated rings. The first-order valence-corrected chi connectivity index (χ1v) is 16.6. The zero-order valence-electron chi connectivity index (χ0n) is 28.2. The first kappa shape index (κ1) is 40.5. The van der Waals surface area contributed by atoms with Gasteiger partial charge in [-0.25, -0.2) is 4.79 Å². The molecule has 14 atom stereocenters. The zero-order valence-corrected chi connectivity index (χ0v) is 28.2. The molecule has 3 saturated heterocycles. The summed E-state index contributed by atoms with van der Waals surface area (Å²) in [4.78, 5) is 13.2. The van der Waals surface area contributed by atoms with Crippen molar-refractivity contribution in [2.45, 2.75) is 99.4 Å². The normalized spacial score (nSPS) is 36.4. The molecule has 0 bridgehead atoms. The van der Waals surface area contributed by atoms with Crippen molar-refractivity contribution in [1.29, 1.82) is 0 Å². The fraction of sp³-hybridized carbons (Fsp3) is 0.559. The van der Waals surface area contributed by atoms with Crippen LogP contribution in [0.3, 0.4) is 0 Å². The molecule has 19 nitrogen and oxygen atoms in total. The number of aromatic hydroxyl groups is 4. The fourth-order valence-electron chi connectivity index (χ4n) is 5.93. The minimum Gasteiger partial charge on any atom is -0.504 e. The summed E-state index contributed by atoms with van der Waals surface area (Å²) >= 11 is 0. The number of hydrogen-bond donors (Lipinski definition) is 11. The van der Waals surface area contributed by atoms with Gasteiger partial charge >= 0.3 is 5.97 Å². The third-order valence-electron chi connectivity index (χ3n) is 8.99. The highest BCUT2D eigenvalue weighted by atomic mass is 16.8. The molecule has 3 aliphatic rings. The van der Waals surface area contributed by atoms with E-state index in [9.17, 15) is 61.0 Å². The molecule has 0 aliphatic carbocycles. The van der Waals surface area contributed by atoms with Gasteiger partial charge in [0.15, 0.2) is 48.0 Å². The lowest BCUT2D eigenvalue weighted by Crippen LogP contribution is -2.67. The van der Waals surface area contributed by atoms with Crippen molar-refractivity contribution in [1.82, 2.24) is 0 Å². The van der Waals surface area contributed by atoms with Crippen molar-refractivity contribution in [3.05, 3.63) is 53.6 Å². The summed E-state index contributed by atoms with van der Waals surface area (Å²) in [5.41, 5.74) is 0.800. The Morgan fingerprint density at radius 2 is 1.42 bits per heavy atom. The van der Waals surface area contributed by atoms with Crippen molar-refractivity contribution in [3.63, 3.8) is 0 Å². The summed E-state index contributed by atoms with van der Waals surface area (Å²) in [5.74, 6) is -2.64. The third kappa shape index (κ3) is 9.53. The van der Waals surface area contributed by atoms with Gasteiger partial charge in [0.1, 0.15) is 54.9 Å². The van der Waals surface area contributed by atoms with Gasteiger partial charge in [0.2, 0.25) is 0 Å². The molecule has 0 saturated carbocycles. The van der Waals surface area contributed by atoms with E-state index in [1.807, 2.05) is 0 Å². The Bertz CT molecular complexity index is 1560. The first-order chi connectivity index (χ1) is 25.2. The number of rotatable bonds is 12. The zero-order chi connectivity index (χ0) is 38.6. The number of aliphatic hydroxyl groups is 7. The Balaban J connectivity index is 1.48. The molecule has 0 aromatic heterocycles. The molecule has 3 aliphatic heterocycles. The molecule has 2 aromatic rings. The van der Waals surface area contributed by atoms with Crippen LogP contribution in [0.4, 0.5) is 0 Å². The smallest absolute Gasteiger partial charge is 0.331 e. The standard InChI is InChI=1S/C34H44O19/c1-14-24(42)26(44)28(46)33(49-14)52-30-29(51-23(41)7-4-15-2-5-17(36)19(38)10-15)22(12-35)50-34(47-9-8-16-3-6-18(37)20(39)11-16)31(30)53-32-27(45)25(43)21(40)13-48-32/h2-7,10-11,14,21-22,24-40,42-46H,8-9,12-13H2,1H3/b7-4-/t14-,21-,22-,24-,25+,26+,27-,28-,29-,30+,31-,32+,33+,34-/m0/s1. The summed E-state index contributed by atoms with van der Waals surface area (Å²) in [7, 11) is 0. The molecule has 0 radical (unpaired) electrons. The first-order valence-electron chi connectivity index (χ1n) is 16.6. The van der Waals surface area contributed by atoms with Crippen molar-refractivity contribution >= 4 is 12.0 Å². The fourth-order valence-corrected chi connectivity index (χ4v) is 5.93. The van der Waals surface area contributed by atoms with E-state index in [4.69, 9.17) is 33.2 Å². The van der Waals surface area contributed by atoms with Crippen LogP contribution in [0, 0.1) is 0 Å². The van der Waals surface area contributed by atoms with Crippen molar-refractivity contribution in [2.75, 3.05) is 19.8 Å². The maximum Gasteiger partial charge on any atom is 0.331 e. The van der Waals surface area contributed by atoms with E-state index in [0.717, 1.165) is 6.08 Å². The predicted octanol–water partition coefficient (Wildman–Crippen LogP) is -2.55. The van der Waals surface area contributed by atoms with Crippen molar-refractivity contribution in [3.8, 4) is 23.0 Å². The highest BCUT2D eigenvalue weighted by Crippen LogP contribution is 2.35. The molecule has 294 valence electrons. The monoisotopic (exact) mass is 756 g/mol. The molecule has 5 rings (SSSR count). The van der Waals surface area contributed by atoms with E-state index < -0.39 is 117 Å². The van der Waals surface area contributed by atoms with Crippen LogP contribution in [0.1, 0.15) is 18.1 Å².